The van der Waals surface area contributed by atoms with E-state index in [1.54, 1.807) is 29.9 Å². The molecule has 9 heterocycles. The first-order chi connectivity index (χ1) is 64.8. The summed E-state index contributed by atoms with van der Waals surface area (Å²) < 4.78 is 7.68. The lowest BCUT2D eigenvalue weighted by molar-refractivity contribution is 1.18. The van der Waals surface area contributed by atoms with Gasteiger partial charge in [0.05, 0.1) is 45.8 Å². The Hall–Kier alpha value is -16.9. The maximum atomic E-state index is 9.25. The predicted octanol–water partition coefficient (Wildman–Crippen LogP) is 31.7. The van der Waals surface area contributed by atoms with Gasteiger partial charge in [0.2, 0.25) is 0 Å². The van der Waals surface area contributed by atoms with E-state index in [4.69, 9.17) is 29.9 Å². The second-order valence-electron chi connectivity index (χ2n) is 32.3. The van der Waals surface area contributed by atoms with Crippen LogP contribution in [0.1, 0.15) is 5.56 Å². The minimum Gasteiger partial charge on any atom is -0.264 e. The third kappa shape index (κ3) is 15.7. The summed E-state index contributed by atoms with van der Waals surface area (Å²) in [6, 6.07) is 142. The van der Waals surface area contributed by atoms with E-state index < -0.39 is 0 Å². The highest BCUT2D eigenvalue weighted by atomic mass is 32.1. The summed E-state index contributed by atoms with van der Waals surface area (Å²) in [6.07, 6.45) is 11.0. The Morgan fingerprint density at radius 1 is 0.168 bits per heavy atom. The van der Waals surface area contributed by atoms with Gasteiger partial charge in [-0.05, 0) is 192 Å². The fraction of sp³-hybridized carbons (Fsp3) is 0. The monoisotopic (exact) mass is 1720 g/mol. The lowest BCUT2D eigenvalue weighted by Crippen LogP contribution is -1.96. The molecule has 16 aromatic carbocycles. The molecule has 13 heteroatoms. The summed E-state index contributed by atoms with van der Waals surface area (Å²) in [4.78, 5) is 43.5. The molecule has 0 aliphatic heterocycles. The molecule has 25 rings (SSSR count). The van der Waals surface area contributed by atoms with Gasteiger partial charge in [0.15, 0.2) is 17.5 Å². The van der Waals surface area contributed by atoms with Gasteiger partial charge >= 0.3 is 0 Å². The van der Waals surface area contributed by atoms with E-state index in [1.807, 2.05) is 102 Å². The topological polar surface area (TPSA) is 140 Å². The number of fused-ring (bicyclic) bond motifs is 15. The molecule has 0 saturated carbocycles. The number of nitriles is 1. The highest BCUT2D eigenvalue weighted by molar-refractivity contribution is 7.26. The lowest BCUT2D eigenvalue weighted by atomic mass is 9.92. The SMILES string of the molecule is N#Cc1ccc(-c2cc(-c3ccc4sc5ccccc5c4c3)nc(-c3ccc(-c4cccnc4)cc3)n2)cc1.c1ccc(-c2cccc(-c3cc(-c4ccc5sc6ccccc6c5c4)nc(-c4ccc(-c5cccnc5)cc4)n3)c2)cc1.c1cncc(-c2ccc(-c3nc(-c4ccc5sc6ccccc6c5c4)cc(-c4ccc5c6ccccc6c6ccccc6c5c4)n3)cc2)c1. The molecule has 10 nitrogen and oxygen atoms in total. The molecular weight excluding hydrogens is 1650 g/mol. The van der Waals surface area contributed by atoms with Crippen molar-refractivity contribution in [2.45, 2.75) is 0 Å². The fourth-order valence-corrected chi connectivity index (χ4v) is 20.8. The van der Waals surface area contributed by atoms with Crippen molar-refractivity contribution in [2.24, 2.45) is 0 Å². The van der Waals surface area contributed by atoms with Crippen LogP contribution < -0.4 is 0 Å². The van der Waals surface area contributed by atoms with Gasteiger partial charge in [0, 0.05) is 148 Å². The summed E-state index contributed by atoms with van der Waals surface area (Å²) >= 11 is 5.46. The van der Waals surface area contributed by atoms with Crippen LogP contribution in [-0.4, -0.2) is 44.9 Å². The van der Waals surface area contributed by atoms with Crippen molar-refractivity contribution in [3.63, 3.8) is 0 Å². The molecule has 0 N–H and O–H groups in total. The normalized spacial score (nSPS) is 11.4. The van der Waals surface area contributed by atoms with Gasteiger partial charge in [-0.1, -0.05) is 285 Å². The molecule has 0 aliphatic carbocycles. The zero-order valence-corrected chi connectivity index (χ0v) is 72.7. The number of thiophene rings is 3. The van der Waals surface area contributed by atoms with Crippen LogP contribution in [0.25, 0.3) is 239 Å². The number of hydrogen-bond donors (Lipinski definition) is 0. The minimum atomic E-state index is 0.619. The average molecular weight is 1730 g/mol. The van der Waals surface area contributed by atoms with E-state index in [9.17, 15) is 5.26 Å². The molecule has 9 aromatic heterocycles. The standard InChI is InChI=1S/C45H27N3S.C39H25N3S.C34H20N4S/c1-2-11-35-33(9-1)34-10-3-4-12-36(34)39-24-30(19-21-37(35)39)41-26-42(31-20-22-44-40(25-31)38-13-5-6-14-43(38)49-44)48-45(47-41)29-17-15-28(16-18-29)32-8-7-23-46-27-32;1-2-8-26(9-3-1)29-10-6-11-30(22-29)35-24-36(31-19-20-38-34(23-31)33-13-4-5-14-37(33)43-38)42-39(41-35)28-17-15-27(16-18-28)32-12-7-21-40-25-32;35-20-22-7-9-24(10-8-22)30-19-31(26-15-16-33-29(18-26)28-5-1-2-6-32(28)39-33)38-34(37-30)25-13-11-23(12-14-25)27-4-3-17-36-21-27/h1-27H;1-25H;1-19,21H. The minimum absolute atomic E-state index is 0.619. The summed E-state index contributed by atoms with van der Waals surface area (Å²) in [7, 11) is 0. The van der Waals surface area contributed by atoms with Crippen LogP contribution in [0.3, 0.4) is 0 Å². The quantitative estimate of drug-likeness (QED) is 0.102. The fourth-order valence-electron chi connectivity index (χ4n) is 17.6. The predicted molar refractivity (Wildman–Crippen MR) is 546 cm³/mol. The van der Waals surface area contributed by atoms with Crippen LogP contribution >= 0.6 is 34.0 Å². The van der Waals surface area contributed by atoms with Crippen molar-refractivity contribution in [3.8, 4) is 152 Å². The van der Waals surface area contributed by atoms with E-state index >= 15 is 0 Å². The Kier molecular flexibility index (Phi) is 20.7. The van der Waals surface area contributed by atoms with Crippen LogP contribution in [0, 0.1) is 11.3 Å². The Labute approximate surface area is 766 Å². The van der Waals surface area contributed by atoms with Crippen molar-refractivity contribution in [2.75, 3.05) is 0 Å². The smallest absolute Gasteiger partial charge is 0.160 e. The first kappa shape index (κ1) is 78.8. The van der Waals surface area contributed by atoms with Gasteiger partial charge in [0.25, 0.3) is 0 Å². The molecular formula is C118H72N10S3. The van der Waals surface area contributed by atoms with Gasteiger partial charge in [-0.15, -0.1) is 34.0 Å². The first-order valence-electron chi connectivity index (χ1n) is 43.3. The van der Waals surface area contributed by atoms with E-state index in [2.05, 4.69) is 361 Å². The molecule has 612 valence electrons. The van der Waals surface area contributed by atoms with Crippen molar-refractivity contribution in [1.29, 1.82) is 5.26 Å². The highest BCUT2D eigenvalue weighted by Crippen LogP contribution is 2.44. The molecule has 0 amide bonds. The number of pyridine rings is 3. The highest BCUT2D eigenvalue weighted by Gasteiger charge is 2.21. The van der Waals surface area contributed by atoms with E-state index in [1.165, 1.54) is 98.4 Å². The first-order valence-corrected chi connectivity index (χ1v) is 45.7. The zero-order valence-electron chi connectivity index (χ0n) is 70.3. The van der Waals surface area contributed by atoms with Crippen molar-refractivity contribution < 1.29 is 0 Å². The Bertz CT molecular complexity index is 8670. The van der Waals surface area contributed by atoms with Gasteiger partial charge in [-0.3, -0.25) is 15.0 Å². The number of hydrogen-bond acceptors (Lipinski definition) is 13. The van der Waals surface area contributed by atoms with Gasteiger partial charge in [-0.2, -0.15) is 5.26 Å². The summed E-state index contributed by atoms with van der Waals surface area (Å²) in [5, 5.41) is 24.3. The molecule has 0 radical (unpaired) electrons. The Balaban J connectivity index is 0.000000112. The Morgan fingerprint density at radius 2 is 0.427 bits per heavy atom. The van der Waals surface area contributed by atoms with Crippen LogP contribution in [0.4, 0.5) is 0 Å². The second kappa shape index (κ2) is 34.5. The Morgan fingerprint density at radius 3 is 0.794 bits per heavy atom. The van der Waals surface area contributed by atoms with Gasteiger partial charge < -0.3 is 0 Å². The van der Waals surface area contributed by atoms with Crippen molar-refractivity contribution in [3.05, 3.63) is 443 Å². The summed E-state index contributed by atoms with van der Waals surface area (Å²) in [6.45, 7) is 0. The average Bonchev–Trinajstić information content (AvgIpc) is 0.937. The molecule has 0 spiro atoms. The van der Waals surface area contributed by atoms with Crippen LogP contribution in [0.15, 0.2) is 438 Å². The van der Waals surface area contributed by atoms with E-state index in [0.29, 0.717) is 23.0 Å². The molecule has 131 heavy (non-hydrogen) atoms. The van der Waals surface area contributed by atoms with Crippen molar-refractivity contribution in [1.82, 2.24) is 44.9 Å². The largest absolute Gasteiger partial charge is 0.264 e. The maximum Gasteiger partial charge on any atom is 0.160 e. The third-order valence-electron chi connectivity index (χ3n) is 24.2. The summed E-state index contributed by atoms with van der Waals surface area (Å²) in [5.41, 5.74) is 23.9. The van der Waals surface area contributed by atoms with E-state index in [0.717, 1.165) is 123 Å². The molecule has 0 fully saturated rings. The summed E-state index contributed by atoms with van der Waals surface area (Å²) in [5.74, 6) is 2.05. The zero-order chi connectivity index (χ0) is 87.1. The van der Waals surface area contributed by atoms with Crippen LogP contribution in [0.5, 0.6) is 0 Å². The van der Waals surface area contributed by atoms with Crippen molar-refractivity contribution >= 4 is 127 Å². The van der Waals surface area contributed by atoms with E-state index in [-0.39, 0.29) is 0 Å². The van der Waals surface area contributed by atoms with Crippen LogP contribution in [-0.2, 0) is 0 Å². The number of aromatic nitrogens is 9. The van der Waals surface area contributed by atoms with Gasteiger partial charge in [-0.25, -0.2) is 29.9 Å². The maximum absolute atomic E-state index is 9.25. The second-order valence-corrected chi connectivity index (χ2v) is 35.5. The molecule has 0 aliphatic rings. The lowest BCUT2D eigenvalue weighted by Gasteiger charge is -2.13. The van der Waals surface area contributed by atoms with Gasteiger partial charge in [0.1, 0.15) is 0 Å². The third-order valence-corrected chi connectivity index (χ3v) is 27.7. The molecule has 0 saturated heterocycles. The molecule has 25 aromatic rings. The molecule has 0 unspecified atom stereocenters. The molecule has 0 atom stereocenters. The number of nitrogens with zero attached hydrogens (tertiary/aromatic N) is 10. The number of benzene rings is 16. The van der Waals surface area contributed by atoms with Crippen LogP contribution in [0.2, 0.25) is 0 Å². The molecule has 0 bridgehead atoms. The number of rotatable bonds is 13.